The first-order chi connectivity index (χ1) is 11.5. The van der Waals surface area contributed by atoms with Gasteiger partial charge in [0.1, 0.15) is 0 Å². The Labute approximate surface area is 144 Å². The van der Waals surface area contributed by atoms with Crippen LogP contribution in [0, 0.1) is 13.8 Å². The fourth-order valence-electron chi connectivity index (χ4n) is 2.30. The lowest BCUT2D eigenvalue weighted by Crippen LogP contribution is -2.13. The molecule has 0 spiro atoms. The fraction of sp³-hybridized carbons (Fsp3) is 0.278. The first-order valence-corrected chi connectivity index (χ1v) is 8.58. The van der Waals surface area contributed by atoms with Crippen molar-refractivity contribution in [3.05, 3.63) is 52.2 Å². The van der Waals surface area contributed by atoms with Gasteiger partial charge in [0.2, 0.25) is 5.89 Å². The van der Waals surface area contributed by atoms with Gasteiger partial charge in [0.25, 0.3) is 11.8 Å². The van der Waals surface area contributed by atoms with Gasteiger partial charge >= 0.3 is 0 Å². The average Bonchev–Trinajstić information content (AvgIpc) is 3.15. The van der Waals surface area contributed by atoms with Gasteiger partial charge in [-0.2, -0.15) is 0 Å². The molecule has 0 unspecified atom stereocenters. The molecule has 1 aromatic carbocycles. The summed E-state index contributed by atoms with van der Waals surface area (Å²) in [6.07, 6.45) is 0. The minimum Gasteiger partial charge on any atom is -0.420 e. The Bertz CT molecular complexity index is 880. The first kappa shape index (κ1) is 16.4. The molecule has 0 saturated carbocycles. The van der Waals surface area contributed by atoms with Gasteiger partial charge < -0.3 is 9.73 Å². The highest BCUT2D eigenvalue weighted by molar-refractivity contribution is 7.15. The summed E-state index contributed by atoms with van der Waals surface area (Å²) < 4.78 is 5.68. The van der Waals surface area contributed by atoms with Crippen LogP contribution in [0.2, 0.25) is 0 Å². The standard InChI is InChI=1S/C18H19N3O2S/c1-10(2)17-20-21-18(23-17)15-9-14(12(4)24-15)19-16(22)13-8-6-5-7-11(13)3/h5-10H,1-4H3,(H,19,22). The lowest BCUT2D eigenvalue weighted by Gasteiger charge is -2.06. The maximum Gasteiger partial charge on any atom is 0.257 e. The molecule has 6 heteroatoms. The van der Waals surface area contributed by atoms with Gasteiger partial charge in [0.15, 0.2) is 0 Å². The van der Waals surface area contributed by atoms with Crippen LogP contribution in [0.3, 0.4) is 0 Å². The van der Waals surface area contributed by atoms with E-state index in [2.05, 4.69) is 15.5 Å². The van der Waals surface area contributed by atoms with E-state index in [0.29, 0.717) is 17.3 Å². The number of aromatic nitrogens is 2. The quantitative estimate of drug-likeness (QED) is 0.741. The number of aryl methyl sites for hydroxylation is 2. The Morgan fingerprint density at radius 1 is 1.21 bits per heavy atom. The molecule has 0 bridgehead atoms. The molecule has 3 rings (SSSR count). The summed E-state index contributed by atoms with van der Waals surface area (Å²) in [4.78, 5) is 14.3. The number of amides is 1. The van der Waals surface area contributed by atoms with Crippen molar-refractivity contribution in [3.8, 4) is 10.8 Å². The van der Waals surface area contributed by atoms with Crippen molar-refractivity contribution in [2.75, 3.05) is 5.32 Å². The molecule has 3 aromatic rings. The largest absolute Gasteiger partial charge is 0.420 e. The van der Waals surface area contributed by atoms with Crippen LogP contribution in [0.1, 0.15) is 46.5 Å². The Balaban J connectivity index is 1.84. The van der Waals surface area contributed by atoms with Crippen LogP contribution in [-0.2, 0) is 0 Å². The van der Waals surface area contributed by atoms with Gasteiger partial charge in [-0.15, -0.1) is 21.5 Å². The molecular formula is C18H19N3O2S. The van der Waals surface area contributed by atoms with Crippen LogP contribution in [0.15, 0.2) is 34.7 Å². The summed E-state index contributed by atoms with van der Waals surface area (Å²) in [6, 6.07) is 9.41. The summed E-state index contributed by atoms with van der Waals surface area (Å²) in [5, 5.41) is 11.1. The number of hydrogen-bond donors (Lipinski definition) is 1. The molecule has 124 valence electrons. The van der Waals surface area contributed by atoms with Gasteiger partial charge in [-0.3, -0.25) is 4.79 Å². The topological polar surface area (TPSA) is 68.0 Å². The smallest absolute Gasteiger partial charge is 0.257 e. The third-order valence-electron chi connectivity index (χ3n) is 3.70. The summed E-state index contributed by atoms with van der Waals surface area (Å²) >= 11 is 1.52. The van der Waals surface area contributed by atoms with Crippen LogP contribution >= 0.6 is 11.3 Å². The predicted molar refractivity (Wildman–Crippen MR) is 95.6 cm³/mol. The number of carbonyl (C=O) groups is 1. The van der Waals surface area contributed by atoms with Crippen molar-refractivity contribution in [1.82, 2.24) is 10.2 Å². The van der Waals surface area contributed by atoms with Crippen LogP contribution in [0.5, 0.6) is 0 Å². The van der Waals surface area contributed by atoms with Crippen LogP contribution < -0.4 is 5.32 Å². The number of anilines is 1. The van der Waals surface area contributed by atoms with Crippen LogP contribution in [0.25, 0.3) is 10.8 Å². The zero-order valence-corrected chi connectivity index (χ0v) is 14.9. The Morgan fingerprint density at radius 2 is 1.96 bits per heavy atom. The predicted octanol–water partition coefficient (Wildman–Crippen LogP) is 4.79. The third kappa shape index (κ3) is 3.23. The SMILES string of the molecule is Cc1ccccc1C(=O)Nc1cc(-c2nnc(C(C)C)o2)sc1C. The van der Waals surface area contributed by atoms with E-state index >= 15 is 0 Å². The maximum absolute atomic E-state index is 12.5. The maximum atomic E-state index is 12.5. The molecule has 0 atom stereocenters. The molecule has 2 aromatic heterocycles. The van der Waals surface area contributed by atoms with Crippen molar-refractivity contribution in [3.63, 3.8) is 0 Å². The molecule has 2 heterocycles. The fourth-order valence-corrected chi connectivity index (χ4v) is 3.19. The number of thiophene rings is 1. The number of benzene rings is 1. The molecule has 0 fully saturated rings. The van der Waals surface area contributed by atoms with E-state index in [1.807, 2.05) is 58.0 Å². The van der Waals surface area contributed by atoms with Gasteiger partial charge in [0, 0.05) is 16.4 Å². The highest BCUT2D eigenvalue weighted by atomic mass is 32.1. The zero-order valence-electron chi connectivity index (χ0n) is 14.1. The van der Waals surface area contributed by atoms with E-state index in [1.54, 1.807) is 0 Å². The molecule has 0 radical (unpaired) electrons. The van der Waals surface area contributed by atoms with E-state index in [4.69, 9.17) is 4.42 Å². The molecule has 1 N–H and O–H groups in total. The number of nitrogens with one attached hydrogen (secondary N) is 1. The lowest BCUT2D eigenvalue weighted by atomic mass is 10.1. The molecule has 1 amide bonds. The van der Waals surface area contributed by atoms with Crippen molar-refractivity contribution in [1.29, 1.82) is 0 Å². The number of nitrogens with zero attached hydrogens (tertiary/aromatic N) is 2. The Hall–Kier alpha value is -2.47. The van der Waals surface area contributed by atoms with Crippen LogP contribution in [0.4, 0.5) is 5.69 Å². The highest BCUT2D eigenvalue weighted by Crippen LogP contribution is 2.34. The van der Waals surface area contributed by atoms with E-state index in [-0.39, 0.29) is 11.8 Å². The molecule has 0 aliphatic rings. The molecular weight excluding hydrogens is 322 g/mol. The summed E-state index contributed by atoms with van der Waals surface area (Å²) in [5.41, 5.74) is 2.39. The molecule has 0 saturated heterocycles. The zero-order chi connectivity index (χ0) is 17.3. The van der Waals surface area contributed by atoms with Gasteiger partial charge in [-0.25, -0.2) is 0 Å². The molecule has 5 nitrogen and oxygen atoms in total. The number of carbonyl (C=O) groups excluding carboxylic acids is 1. The van der Waals surface area contributed by atoms with E-state index in [1.165, 1.54) is 11.3 Å². The highest BCUT2D eigenvalue weighted by Gasteiger charge is 2.17. The summed E-state index contributed by atoms with van der Waals surface area (Å²) in [6.45, 7) is 7.89. The summed E-state index contributed by atoms with van der Waals surface area (Å²) in [7, 11) is 0. The molecule has 24 heavy (non-hydrogen) atoms. The monoisotopic (exact) mass is 341 g/mol. The Morgan fingerprint density at radius 3 is 2.62 bits per heavy atom. The van der Waals surface area contributed by atoms with Crippen molar-refractivity contribution in [2.24, 2.45) is 0 Å². The van der Waals surface area contributed by atoms with E-state index < -0.39 is 0 Å². The van der Waals surface area contributed by atoms with E-state index in [9.17, 15) is 4.79 Å². The normalized spacial score (nSPS) is 11.0. The second kappa shape index (κ2) is 6.57. The number of rotatable bonds is 4. The van der Waals surface area contributed by atoms with Gasteiger partial charge in [-0.1, -0.05) is 32.0 Å². The molecule has 0 aliphatic heterocycles. The average molecular weight is 341 g/mol. The second-order valence-corrected chi connectivity index (χ2v) is 7.21. The van der Waals surface area contributed by atoms with Crippen molar-refractivity contribution < 1.29 is 9.21 Å². The van der Waals surface area contributed by atoms with E-state index in [0.717, 1.165) is 21.0 Å². The minimum atomic E-state index is -0.117. The summed E-state index contributed by atoms with van der Waals surface area (Å²) in [5.74, 6) is 1.17. The van der Waals surface area contributed by atoms with Crippen molar-refractivity contribution >= 4 is 22.9 Å². The number of hydrogen-bond acceptors (Lipinski definition) is 5. The van der Waals surface area contributed by atoms with Crippen LogP contribution in [-0.4, -0.2) is 16.1 Å². The first-order valence-electron chi connectivity index (χ1n) is 7.77. The van der Waals surface area contributed by atoms with Gasteiger partial charge in [-0.05, 0) is 31.5 Å². The van der Waals surface area contributed by atoms with Crippen molar-refractivity contribution in [2.45, 2.75) is 33.6 Å². The lowest BCUT2D eigenvalue weighted by molar-refractivity contribution is 0.102. The third-order valence-corrected chi connectivity index (χ3v) is 4.74. The second-order valence-electron chi connectivity index (χ2n) is 5.95. The molecule has 0 aliphatic carbocycles. The minimum absolute atomic E-state index is 0.117. The Kier molecular flexibility index (Phi) is 4.49. The van der Waals surface area contributed by atoms with Gasteiger partial charge in [0.05, 0.1) is 10.6 Å².